The van der Waals surface area contributed by atoms with Gasteiger partial charge in [-0.15, -0.1) is 0 Å². The number of aryl methyl sites for hydroxylation is 1. The van der Waals surface area contributed by atoms with Gasteiger partial charge in [0.1, 0.15) is 0 Å². The zero-order chi connectivity index (χ0) is 9.10. The molecule has 1 aromatic carbocycles. The van der Waals surface area contributed by atoms with Crippen molar-refractivity contribution in [3.05, 3.63) is 36.2 Å². The monoisotopic (exact) mass is 173 g/mol. The fourth-order valence-electron chi connectivity index (χ4n) is 1.73. The standard InChI is InChI=1S/C12H15N/c1-2-3-5-10-6-4-7-11-8-13-9-12(10)11/h4,6-9,13H,2-3,5H2,1H3. The Labute approximate surface area is 78.8 Å². The van der Waals surface area contributed by atoms with E-state index in [0.717, 1.165) is 0 Å². The molecule has 1 nitrogen and oxygen atoms in total. The van der Waals surface area contributed by atoms with Crippen molar-refractivity contribution >= 4 is 10.8 Å². The first-order valence-corrected chi connectivity index (χ1v) is 4.96. The maximum Gasteiger partial charge on any atom is 0.00871 e. The number of hydrogen-bond acceptors (Lipinski definition) is 0. The van der Waals surface area contributed by atoms with Gasteiger partial charge in [0.25, 0.3) is 0 Å². The summed E-state index contributed by atoms with van der Waals surface area (Å²) in [5.74, 6) is 0. The van der Waals surface area contributed by atoms with Crippen LogP contribution in [0.25, 0.3) is 10.8 Å². The van der Waals surface area contributed by atoms with E-state index in [1.54, 1.807) is 0 Å². The number of nitrogens with one attached hydrogen (secondary N) is 1. The lowest BCUT2D eigenvalue weighted by Gasteiger charge is -2.00. The van der Waals surface area contributed by atoms with E-state index in [-0.39, 0.29) is 0 Å². The van der Waals surface area contributed by atoms with Crippen LogP contribution in [0, 0.1) is 0 Å². The topological polar surface area (TPSA) is 15.8 Å². The summed E-state index contributed by atoms with van der Waals surface area (Å²) in [6.45, 7) is 2.23. The molecule has 0 aliphatic rings. The molecule has 0 saturated carbocycles. The molecule has 0 spiro atoms. The van der Waals surface area contributed by atoms with Crippen LogP contribution in [0.15, 0.2) is 30.6 Å². The van der Waals surface area contributed by atoms with Crippen LogP contribution in [-0.2, 0) is 6.42 Å². The van der Waals surface area contributed by atoms with Crippen LogP contribution in [0.5, 0.6) is 0 Å². The largest absolute Gasteiger partial charge is 0.366 e. The number of H-pyrrole nitrogens is 1. The SMILES string of the molecule is CCCCc1cccc2c[nH]cc12. The van der Waals surface area contributed by atoms with Crippen molar-refractivity contribution in [1.82, 2.24) is 4.98 Å². The van der Waals surface area contributed by atoms with Gasteiger partial charge in [-0.1, -0.05) is 31.5 Å². The van der Waals surface area contributed by atoms with Gasteiger partial charge in [0.15, 0.2) is 0 Å². The first-order chi connectivity index (χ1) is 6.42. The maximum atomic E-state index is 3.15. The second-order valence-corrected chi connectivity index (χ2v) is 3.48. The highest BCUT2D eigenvalue weighted by molar-refractivity contribution is 5.85. The van der Waals surface area contributed by atoms with Crippen molar-refractivity contribution in [2.75, 3.05) is 0 Å². The van der Waals surface area contributed by atoms with Crippen LogP contribution in [0.3, 0.4) is 0 Å². The molecule has 68 valence electrons. The summed E-state index contributed by atoms with van der Waals surface area (Å²) in [6.07, 6.45) is 7.90. The van der Waals surface area contributed by atoms with Gasteiger partial charge in [0.05, 0.1) is 0 Å². The predicted octanol–water partition coefficient (Wildman–Crippen LogP) is 3.51. The van der Waals surface area contributed by atoms with E-state index in [1.807, 2.05) is 0 Å². The molecule has 0 aliphatic carbocycles. The van der Waals surface area contributed by atoms with Crippen LogP contribution >= 0.6 is 0 Å². The number of unbranched alkanes of at least 4 members (excludes halogenated alkanes) is 1. The van der Waals surface area contributed by atoms with Gasteiger partial charge >= 0.3 is 0 Å². The van der Waals surface area contributed by atoms with E-state index in [4.69, 9.17) is 0 Å². The molecule has 0 aliphatic heterocycles. The summed E-state index contributed by atoms with van der Waals surface area (Å²) in [4.78, 5) is 3.15. The van der Waals surface area contributed by atoms with E-state index >= 15 is 0 Å². The maximum absolute atomic E-state index is 3.15. The van der Waals surface area contributed by atoms with Crippen molar-refractivity contribution in [2.45, 2.75) is 26.2 Å². The minimum absolute atomic E-state index is 1.20. The Hall–Kier alpha value is -1.24. The number of benzene rings is 1. The molecule has 2 rings (SSSR count). The molecule has 0 saturated heterocycles. The molecule has 0 atom stereocenters. The van der Waals surface area contributed by atoms with Crippen LogP contribution in [0.4, 0.5) is 0 Å². The van der Waals surface area contributed by atoms with Crippen LogP contribution in [-0.4, -0.2) is 4.98 Å². The summed E-state index contributed by atoms with van der Waals surface area (Å²) < 4.78 is 0. The normalized spacial score (nSPS) is 10.8. The number of rotatable bonds is 3. The fourth-order valence-corrected chi connectivity index (χ4v) is 1.73. The van der Waals surface area contributed by atoms with Crippen LogP contribution < -0.4 is 0 Å². The van der Waals surface area contributed by atoms with Gasteiger partial charge in [-0.2, -0.15) is 0 Å². The Morgan fingerprint density at radius 3 is 3.00 bits per heavy atom. The summed E-state index contributed by atoms with van der Waals surface area (Å²) in [6, 6.07) is 6.52. The third-order valence-corrected chi connectivity index (χ3v) is 2.50. The van der Waals surface area contributed by atoms with E-state index in [2.05, 4.69) is 42.5 Å². The lowest BCUT2D eigenvalue weighted by Crippen LogP contribution is -1.84. The van der Waals surface area contributed by atoms with Crippen molar-refractivity contribution in [1.29, 1.82) is 0 Å². The molecule has 1 N–H and O–H groups in total. The molecule has 13 heavy (non-hydrogen) atoms. The van der Waals surface area contributed by atoms with Crippen molar-refractivity contribution in [3.63, 3.8) is 0 Å². The predicted molar refractivity (Wildman–Crippen MR) is 56.9 cm³/mol. The van der Waals surface area contributed by atoms with Gasteiger partial charge in [0, 0.05) is 17.8 Å². The Balaban J connectivity index is 2.37. The third-order valence-electron chi connectivity index (χ3n) is 2.50. The van der Waals surface area contributed by atoms with Crippen molar-refractivity contribution < 1.29 is 0 Å². The first kappa shape index (κ1) is 8.36. The lowest BCUT2D eigenvalue weighted by molar-refractivity contribution is 0.799. The summed E-state index contributed by atoms with van der Waals surface area (Å²) in [7, 11) is 0. The minimum Gasteiger partial charge on any atom is -0.366 e. The second kappa shape index (κ2) is 3.65. The molecule has 1 heterocycles. The zero-order valence-corrected chi connectivity index (χ0v) is 8.01. The highest BCUT2D eigenvalue weighted by Gasteiger charge is 1.99. The Bertz CT molecular complexity index is 387. The van der Waals surface area contributed by atoms with Crippen LogP contribution in [0.1, 0.15) is 25.3 Å². The molecule has 0 fully saturated rings. The fraction of sp³-hybridized carbons (Fsp3) is 0.333. The van der Waals surface area contributed by atoms with Gasteiger partial charge in [-0.05, 0) is 23.8 Å². The molecule has 1 heteroatoms. The molecular formula is C12H15N. The van der Waals surface area contributed by atoms with Crippen molar-refractivity contribution in [2.24, 2.45) is 0 Å². The Morgan fingerprint density at radius 1 is 1.23 bits per heavy atom. The van der Waals surface area contributed by atoms with E-state index < -0.39 is 0 Å². The van der Waals surface area contributed by atoms with E-state index in [1.165, 1.54) is 35.6 Å². The summed E-state index contributed by atoms with van der Waals surface area (Å²) >= 11 is 0. The number of aromatic amines is 1. The third kappa shape index (κ3) is 1.59. The van der Waals surface area contributed by atoms with Crippen molar-refractivity contribution in [3.8, 4) is 0 Å². The molecule has 0 unspecified atom stereocenters. The Morgan fingerprint density at radius 2 is 2.15 bits per heavy atom. The lowest BCUT2D eigenvalue weighted by atomic mass is 10.0. The van der Waals surface area contributed by atoms with E-state index in [0.29, 0.717) is 0 Å². The Kier molecular flexibility index (Phi) is 2.35. The molecule has 0 radical (unpaired) electrons. The number of hydrogen-bond donors (Lipinski definition) is 1. The highest BCUT2D eigenvalue weighted by Crippen LogP contribution is 2.19. The van der Waals surface area contributed by atoms with E-state index in [9.17, 15) is 0 Å². The smallest absolute Gasteiger partial charge is 0.00871 e. The van der Waals surface area contributed by atoms with Gasteiger partial charge in [0.2, 0.25) is 0 Å². The molecule has 2 aromatic rings. The number of aromatic nitrogens is 1. The van der Waals surface area contributed by atoms with Gasteiger partial charge in [-0.25, -0.2) is 0 Å². The van der Waals surface area contributed by atoms with Gasteiger partial charge < -0.3 is 4.98 Å². The average Bonchev–Trinajstić information content (AvgIpc) is 2.62. The summed E-state index contributed by atoms with van der Waals surface area (Å²) in [5, 5.41) is 2.71. The summed E-state index contributed by atoms with van der Waals surface area (Å²) in [5.41, 5.74) is 1.47. The quantitative estimate of drug-likeness (QED) is 0.731. The first-order valence-electron chi connectivity index (χ1n) is 4.96. The minimum atomic E-state index is 1.20. The number of fused-ring (bicyclic) bond motifs is 1. The van der Waals surface area contributed by atoms with Gasteiger partial charge in [-0.3, -0.25) is 0 Å². The molecule has 0 amide bonds. The van der Waals surface area contributed by atoms with Crippen LogP contribution in [0.2, 0.25) is 0 Å². The molecular weight excluding hydrogens is 158 g/mol. The highest BCUT2D eigenvalue weighted by atomic mass is 14.6. The average molecular weight is 173 g/mol. The molecule has 0 bridgehead atoms. The molecule has 1 aromatic heterocycles. The zero-order valence-electron chi connectivity index (χ0n) is 8.01. The second-order valence-electron chi connectivity index (χ2n) is 3.48.